The maximum absolute atomic E-state index is 12.1. The third kappa shape index (κ3) is 3.29. The summed E-state index contributed by atoms with van der Waals surface area (Å²) in [5, 5.41) is 2.91. The van der Waals surface area contributed by atoms with Gasteiger partial charge in [-0.2, -0.15) is 0 Å². The number of amides is 1. The van der Waals surface area contributed by atoms with Crippen molar-refractivity contribution in [2.24, 2.45) is 0 Å². The number of hydrogen-bond acceptors (Lipinski definition) is 2. The van der Waals surface area contributed by atoms with Crippen molar-refractivity contribution in [1.82, 2.24) is 4.90 Å². The summed E-state index contributed by atoms with van der Waals surface area (Å²) < 4.78 is 0. The van der Waals surface area contributed by atoms with Gasteiger partial charge >= 0.3 is 0 Å². The summed E-state index contributed by atoms with van der Waals surface area (Å²) in [4.78, 5) is 14.3. The molecule has 1 N–H and O–H groups in total. The van der Waals surface area contributed by atoms with Crippen molar-refractivity contribution in [2.75, 3.05) is 18.4 Å². The van der Waals surface area contributed by atoms with E-state index < -0.39 is 0 Å². The van der Waals surface area contributed by atoms with Gasteiger partial charge in [0, 0.05) is 18.8 Å². The molecule has 0 aromatic heterocycles. The first-order valence-corrected chi connectivity index (χ1v) is 6.58. The second kappa shape index (κ2) is 6.50. The van der Waals surface area contributed by atoms with E-state index in [4.69, 9.17) is 12.2 Å². The summed E-state index contributed by atoms with van der Waals surface area (Å²) in [6, 6.07) is 5.93. The molecule has 1 aromatic rings. The van der Waals surface area contributed by atoms with Crippen molar-refractivity contribution in [2.45, 2.75) is 27.7 Å². The molecule has 0 saturated heterocycles. The number of aryl methyl sites for hydroxylation is 2. The number of nitrogens with zero attached hydrogens (tertiary/aromatic N) is 1. The fraction of sp³-hybridized carbons (Fsp3) is 0.429. The lowest BCUT2D eigenvalue weighted by atomic mass is 10.1. The number of carbonyl (C=O) groups excluding carboxylic acids is 1. The number of thiocarbonyl (C=S) groups is 1. The molecule has 0 unspecified atom stereocenters. The maximum atomic E-state index is 12.1. The summed E-state index contributed by atoms with van der Waals surface area (Å²) in [6.07, 6.45) is 0. The van der Waals surface area contributed by atoms with Gasteiger partial charge in [-0.25, -0.2) is 0 Å². The number of rotatable bonds is 3. The number of likely N-dealkylation sites (N-methyl/N-ethyl adjacent to an activating group) is 1. The molecule has 4 heteroatoms. The minimum atomic E-state index is -0.203. The Labute approximate surface area is 114 Å². The van der Waals surface area contributed by atoms with Crippen LogP contribution < -0.4 is 5.32 Å². The molecular weight excluding hydrogens is 244 g/mol. The van der Waals surface area contributed by atoms with E-state index in [2.05, 4.69) is 5.32 Å². The van der Waals surface area contributed by atoms with Gasteiger partial charge in [-0.05, 0) is 38.8 Å². The minimum Gasteiger partial charge on any atom is -0.359 e. The Morgan fingerprint density at radius 2 is 1.72 bits per heavy atom. The highest BCUT2D eigenvalue weighted by molar-refractivity contribution is 7.82. The standard InChI is InChI=1S/C14H20N2OS/c1-5-16(6-2)14(18)13(17)15-12-10(3)8-7-9-11(12)4/h7-9H,5-6H2,1-4H3,(H,15,17). The first-order valence-electron chi connectivity index (χ1n) is 6.17. The minimum absolute atomic E-state index is 0.203. The molecule has 0 atom stereocenters. The van der Waals surface area contributed by atoms with Gasteiger partial charge in [-0.15, -0.1) is 0 Å². The number of benzene rings is 1. The molecule has 0 heterocycles. The van der Waals surface area contributed by atoms with Crippen LogP contribution in [-0.2, 0) is 4.79 Å². The Hall–Kier alpha value is -1.42. The molecule has 18 heavy (non-hydrogen) atoms. The van der Waals surface area contributed by atoms with Crippen molar-refractivity contribution >= 4 is 28.8 Å². The molecule has 0 bridgehead atoms. The molecule has 0 aliphatic carbocycles. The van der Waals surface area contributed by atoms with Gasteiger partial charge in [-0.1, -0.05) is 30.4 Å². The summed E-state index contributed by atoms with van der Waals surface area (Å²) in [5.74, 6) is -0.203. The third-order valence-corrected chi connectivity index (χ3v) is 3.41. The van der Waals surface area contributed by atoms with E-state index in [0.717, 1.165) is 29.9 Å². The van der Waals surface area contributed by atoms with Crippen LogP contribution in [0.1, 0.15) is 25.0 Å². The molecule has 1 rings (SSSR count). The lowest BCUT2D eigenvalue weighted by Crippen LogP contribution is -2.38. The SMILES string of the molecule is CCN(CC)C(=S)C(=O)Nc1c(C)cccc1C. The van der Waals surface area contributed by atoms with Crippen LogP contribution in [0.15, 0.2) is 18.2 Å². The zero-order valence-corrected chi connectivity index (χ0v) is 12.2. The molecule has 0 aliphatic heterocycles. The lowest BCUT2D eigenvalue weighted by molar-refractivity contribution is -0.110. The van der Waals surface area contributed by atoms with E-state index in [1.165, 1.54) is 0 Å². The van der Waals surface area contributed by atoms with Crippen molar-refractivity contribution in [1.29, 1.82) is 0 Å². The molecule has 98 valence electrons. The quantitative estimate of drug-likeness (QED) is 0.852. The molecule has 0 aliphatic rings. The first-order chi connectivity index (χ1) is 8.51. The van der Waals surface area contributed by atoms with E-state index in [-0.39, 0.29) is 5.91 Å². The van der Waals surface area contributed by atoms with Crippen LogP contribution in [0.2, 0.25) is 0 Å². The highest BCUT2D eigenvalue weighted by atomic mass is 32.1. The van der Waals surface area contributed by atoms with E-state index in [1.54, 1.807) is 0 Å². The van der Waals surface area contributed by atoms with Crippen LogP contribution >= 0.6 is 12.2 Å². The van der Waals surface area contributed by atoms with Crippen LogP contribution in [0.3, 0.4) is 0 Å². The largest absolute Gasteiger partial charge is 0.359 e. The number of nitrogens with one attached hydrogen (secondary N) is 1. The fourth-order valence-electron chi connectivity index (χ4n) is 1.83. The number of para-hydroxylation sites is 1. The van der Waals surface area contributed by atoms with Crippen LogP contribution in [0.5, 0.6) is 0 Å². The number of anilines is 1. The molecule has 0 saturated carbocycles. The molecule has 0 fully saturated rings. The van der Waals surface area contributed by atoms with Crippen molar-refractivity contribution < 1.29 is 4.79 Å². The van der Waals surface area contributed by atoms with Gasteiger partial charge in [0.25, 0.3) is 5.91 Å². The van der Waals surface area contributed by atoms with Gasteiger partial charge in [0.15, 0.2) is 4.99 Å². The first kappa shape index (κ1) is 14.6. The smallest absolute Gasteiger partial charge is 0.283 e. The zero-order chi connectivity index (χ0) is 13.7. The van der Waals surface area contributed by atoms with E-state index in [9.17, 15) is 4.79 Å². The lowest BCUT2D eigenvalue weighted by Gasteiger charge is -2.21. The Morgan fingerprint density at radius 3 is 2.17 bits per heavy atom. The van der Waals surface area contributed by atoms with Gasteiger partial charge < -0.3 is 10.2 Å². The predicted molar refractivity (Wildman–Crippen MR) is 80.1 cm³/mol. The summed E-state index contributed by atoms with van der Waals surface area (Å²) in [5.41, 5.74) is 2.95. The predicted octanol–water partition coefficient (Wildman–Crippen LogP) is 2.91. The normalized spacial score (nSPS) is 10.0. The highest BCUT2D eigenvalue weighted by Crippen LogP contribution is 2.19. The Balaban J connectivity index is 2.85. The number of carbonyl (C=O) groups is 1. The summed E-state index contributed by atoms with van der Waals surface area (Å²) in [7, 11) is 0. The second-order valence-corrected chi connectivity index (χ2v) is 4.59. The average molecular weight is 264 g/mol. The Bertz CT molecular complexity index is 433. The van der Waals surface area contributed by atoms with E-state index in [1.807, 2.05) is 50.8 Å². The van der Waals surface area contributed by atoms with Crippen LogP contribution in [0.4, 0.5) is 5.69 Å². The van der Waals surface area contributed by atoms with Crippen molar-refractivity contribution in [3.05, 3.63) is 29.3 Å². The zero-order valence-electron chi connectivity index (χ0n) is 11.4. The highest BCUT2D eigenvalue weighted by Gasteiger charge is 2.16. The van der Waals surface area contributed by atoms with Crippen LogP contribution in [0.25, 0.3) is 0 Å². The third-order valence-electron chi connectivity index (χ3n) is 2.96. The summed E-state index contributed by atoms with van der Waals surface area (Å²) >= 11 is 5.20. The monoisotopic (exact) mass is 264 g/mol. The molecular formula is C14H20N2OS. The topological polar surface area (TPSA) is 32.3 Å². The van der Waals surface area contributed by atoms with Gasteiger partial charge in [0.1, 0.15) is 0 Å². The fourth-order valence-corrected chi connectivity index (χ4v) is 2.14. The van der Waals surface area contributed by atoms with E-state index in [0.29, 0.717) is 4.99 Å². The molecule has 0 radical (unpaired) electrons. The van der Waals surface area contributed by atoms with Gasteiger partial charge in [0.05, 0.1) is 0 Å². The molecule has 1 amide bonds. The summed E-state index contributed by atoms with van der Waals surface area (Å²) in [6.45, 7) is 9.42. The Kier molecular flexibility index (Phi) is 5.28. The van der Waals surface area contributed by atoms with Crippen LogP contribution in [0, 0.1) is 13.8 Å². The second-order valence-electron chi connectivity index (χ2n) is 4.20. The molecule has 0 spiro atoms. The van der Waals surface area contributed by atoms with Gasteiger partial charge in [-0.3, -0.25) is 4.79 Å². The average Bonchev–Trinajstić information content (AvgIpc) is 2.35. The van der Waals surface area contributed by atoms with Crippen LogP contribution in [-0.4, -0.2) is 28.9 Å². The van der Waals surface area contributed by atoms with Gasteiger partial charge in [0.2, 0.25) is 0 Å². The van der Waals surface area contributed by atoms with Crippen molar-refractivity contribution in [3.63, 3.8) is 0 Å². The van der Waals surface area contributed by atoms with E-state index >= 15 is 0 Å². The molecule has 1 aromatic carbocycles. The number of hydrogen-bond donors (Lipinski definition) is 1. The maximum Gasteiger partial charge on any atom is 0.283 e. The van der Waals surface area contributed by atoms with Crippen molar-refractivity contribution in [3.8, 4) is 0 Å². The Morgan fingerprint density at radius 1 is 1.22 bits per heavy atom. The molecule has 3 nitrogen and oxygen atoms in total.